The Labute approximate surface area is 126 Å². The van der Waals surface area contributed by atoms with Gasteiger partial charge >= 0.3 is 0 Å². The van der Waals surface area contributed by atoms with Crippen molar-refractivity contribution < 1.29 is 9.53 Å². The molecule has 1 unspecified atom stereocenters. The molecule has 21 heavy (non-hydrogen) atoms. The summed E-state index contributed by atoms with van der Waals surface area (Å²) < 4.78 is 5.12. The van der Waals surface area contributed by atoms with Crippen molar-refractivity contribution in [2.24, 2.45) is 0 Å². The van der Waals surface area contributed by atoms with Gasteiger partial charge in [-0.3, -0.25) is 4.79 Å². The van der Waals surface area contributed by atoms with Gasteiger partial charge in [0.1, 0.15) is 0 Å². The predicted molar refractivity (Wildman–Crippen MR) is 85.3 cm³/mol. The molecule has 0 saturated carbocycles. The molecule has 0 saturated heterocycles. The van der Waals surface area contributed by atoms with Gasteiger partial charge in [0.25, 0.3) is 0 Å². The number of nitrogens with zero attached hydrogens (tertiary/aromatic N) is 1. The Bertz CT molecular complexity index is 591. The topological polar surface area (TPSA) is 45.3 Å². The first-order chi connectivity index (χ1) is 10.2. The van der Waals surface area contributed by atoms with Crippen molar-refractivity contribution >= 4 is 16.8 Å². The van der Waals surface area contributed by atoms with Crippen molar-refractivity contribution in [1.82, 2.24) is 9.88 Å². The maximum atomic E-state index is 12.6. The van der Waals surface area contributed by atoms with Crippen LogP contribution in [0.2, 0.25) is 0 Å². The summed E-state index contributed by atoms with van der Waals surface area (Å²) in [5.41, 5.74) is 2.13. The second-order valence-electron chi connectivity index (χ2n) is 5.37. The van der Waals surface area contributed by atoms with Crippen LogP contribution in [0.3, 0.4) is 0 Å². The number of nitrogens with one attached hydrogen (secondary N) is 1. The zero-order valence-electron chi connectivity index (χ0n) is 13.1. The molecule has 0 bridgehead atoms. The zero-order chi connectivity index (χ0) is 15.2. The third kappa shape index (κ3) is 3.64. The van der Waals surface area contributed by atoms with Gasteiger partial charge in [-0.05, 0) is 25.0 Å². The summed E-state index contributed by atoms with van der Waals surface area (Å²) in [7, 11) is 1.67. The summed E-state index contributed by atoms with van der Waals surface area (Å²) in [4.78, 5) is 17.8. The van der Waals surface area contributed by atoms with E-state index < -0.39 is 0 Å². The highest BCUT2D eigenvalue weighted by atomic mass is 16.5. The lowest BCUT2D eigenvalue weighted by Gasteiger charge is -2.28. The maximum Gasteiger partial charge on any atom is 0.227 e. The van der Waals surface area contributed by atoms with E-state index in [1.165, 1.54) is 0 Å². The van der Waals surface area contributed by atoms with Crippen LogP contribution in [0.15, 0.2) is 30.5 Å². The molecule has 4 nitrogen and oxygen atoms in total. The van der Waals surface area contributed by atoms with Crippen LogP contribution in [-0.2, 0) is 16.0 Å². The molecule has 114 valence electrons. The van der Waals surface area contributed by atoms with Gasteiger partial charge in [0.2, 0.25) is 5.91 Å². The van der Waals surface area contributed by atoms with Crippen LogP contribution in [0.1, 0.15) is 25.8 Å². The number of H-pyrrole nitrogens is 1. The summed E-state index contributed by atoms with van der Waals surface area (Å²) in [6.07, 6.45) is 3.31. The van der Waals surface area contributed by atoms with E-state index in [1.807, 2.05) is 29.3 Å². The fourth-order valence-electron chi connectivity index (χ4n) is 2.54. The smallest absolute Gasteiger partial charge is 0.227 e. The van der Waals surface area contributed by atoms with Crippen molar-refractivity contribution in [2.45, 2.75) is 32.7 Å². The standard InChI is InChI=1S/C17H24N2O2/c1-4-13(2)19(9-10-21-3)17(20)11-14-12-18-16-8-6-5-7-15(14)16/h5-8,12-13,18H,4,9-11H2,1-3H3. The molecule has 1 N–H and O–H groups in total. The zero-order valence-corrected chi connectivity index (χ0v) is 13.1. The lowest BCUT2D eigenvalue weighted by atomic mass is 10.1. The number of carbonyl (C=O) groups is 1. The molecule has 0 aliphatic heterocycles. The van der Waals surface area contributed by atoms with E-state index in [2.05, 4.69) is 24.9 Å². The van der Waals surface area contributed by atoms with Crippen LogP contribution in [0.5, 0.6) is 0 Å². The summed E-state index contributed by atoms with van der Waals surface area (Å²) >= 11 is 0. The third-order valence-electron chi connectivity index (χ3n) is 4.00. The molecular weight excluding hydrogens is 264 g/mol. The summed E-state index contributed by atoms with van der Waals surface area (Å²) in [6.45, 7) is 5.41. The molecule has 1 aromatic heterocycles. The highest BCUT2D eigenvalue weighted by molar-refractivity contribution is 5.89. The number of hydrogen-bond acceptors (Lipinski definition) is 2. The Kier molecular flexibility index (Phi) is 5.39. The largest absolute Gasteiger partial charge is 0.383 e. The molecule has 0 radical (unpaired) electrons. The van der Waals surface area contributed by atoms with Gasteiger partial charge in [0.15, 0.2) is 0 Å². The number of carbonyl (C=O) groups excluding carboxylic acids is 1. The lowest BCUT2D eigenvalue weighted by molar-refractivity contribution is -0.133. The molecule has 2 aromatic rings. The van der Waals surface area contributed by atoms with E-state index in [4.69, 9.17) is 4.74 Å². The number of methoxy groups -OCH3 is 1. The van der Waals surface area contributed by atoms with Crippen molar-refractivity contribution in [1.29, 1.82) is 0 Å². The second kappa shape index (κ2) is 7.27. The van der Waals surface area contributed by atoms with Gasteiger partial charge < -0.3 is 14.6 Å². The predicted octanol–water partition coefficient (Wildman–Crippen LogP) is 2.98. The van der Waals surface area contributed by atoms with Crippen LogP contribution in [0, 0.1) is 0 Å². The Hall–Kier alpha value is -1.81. The molecule has 1 heterocycles. The van der Waals surface area contributed by atoms with E-state index in [9.17, 15) is 4.79 Å². The van der Waals surface area contributed by atoms with E-state index >= 15 is 0 Å². The van der Waals surface area contributed by atoms with Crippen LogP contribution in [0.4, 0.5) is 0 Å². The summed E-state index contributed by atoms with van der Waals surface area (Å²) in [5.74, 6) is 0.158. The van der Waals surface area contributed by atoms with Crippen LogP contribution >= 0.6 is 0 Å². The van der Waals surface area contributed by atoms with Crippen molar-refractivity contribution in [3.05, 3.63) is 36.0 Å². The number of ether oxygens (including phenoxy) is 1. The van der Waals surface area contributed by atoms with Crippen LogP contribution < -0.4 is 0 Å². The monoisotopic (exact) mass is 288 g/mol. The molecule has 0 spiro atoms. The molecule has 2 rings (SSSR count). The fraction of sp³-hybridized carbons (Fsp3) is 0.471. The van der Waals surface area contributed by atoms with Gasteiger partial charge in [-0.25, -0.2) is 0 Å². The SMILES string of the molecule is CCC(C)N(CCOC)C(=O)Cc1c[nH]c2ccccc12. The quantitative estimate of drug-likeness (QED) is 0.851. The molecule has 0 aliphatic carbocycles. The molecule has 1 atom stereocenters. The fourth-order valence-corrected chi connectivity index (χ4v) is 2.54. The van der Waals surface area contributed by atoms with Crippen LogP contribution in [0.25, 0.3) is 10.9 Å². The summed E-state index contributed by atoms with van der Waals surface area (Å²) in [6, 6.07) is 8.31. The number of para-hydroxylation sites is 1. The highest BCUT2D eigenvalue weighted by Gasteiger charge is 2.19. The van der Waals surface area contributed by atoms with Crippen molar-refractivity contribution in [3.8, 4) is 0 Å². The molecule has 0 fully saturated rings. The lowest BCUT2D eigenvalue weighted by Crippen LogP contribution is -2.41. The van der Waals surface area contributed by atoms with Gasteiger partial charge in [-0.2, -0.15) is 0 Å². The maximum absolute atomic E-state index is 12.6. The van der Waals surface area contributed by atoms with Crippen molar-refractivity contribution in [2.75, 3.05) is 20.3 Å². The normalized spacial score (nSPS) is 12.5. The van der Waals surface area contributed by atoms with Crippen molar-refractivity contribution in [3.63, 3.8) is 0 Å². The number of aromatic amines is 1. The minimum Gasteiger partial charge on any atom is -0.383 e. The first kappa shape index (κ1) is 15.6. The van der Waals surface area contributed by atoms with E-state index in [-0.39, 0.29) is 11.9 Å². The average Bonchev–Trinajstić information content (AvgIpc) is 2.90. The summed E-state index contributed by atoms with van der Waals surface area (Å²) in [5, 5.41) is 1.13. The van der Waals surface area contributed by atoms with Gasteiger partial charge in [0.05, 0.1) is 13.0 Å². The number of rotatable bonds is 7. The highest BCUT2D eigenvalue weighted by Crippen LogP contribution is 2.19. The molecule has 0 aliphatic rings. The Morgan fingerprint density at radius 2 is 2.14 bits per heavy atom. The van der Waals surface area contributed by atoms with Gasteiger partial charge in [-0.1, -0.05) is 25.1 Å². The number of hydrogen-bond donors (Lipinski definition) is 1. The number of benzene rings is 1. The second-order valence-corrected chi connectivity index (χ2v) is 5.37. The van der Waals surface area contributed by atoms with Gasteiger partial charge in [0, 0.05) is 36.8 Å². The minimum atomic E-state index is 0.158. The average molecular weight is 288 g/mol. The molecule has 4 heteroatoms. The van der Waals surface area contributed by atoms with E-state index in [0.717, 1.165) is 22.9 Å². The molecule has 1 amide bonds. The Balaban J connectivity index is 2.14. The first-order valence-electron chi connectivity index (χ1n) is 7.50. The molecule has 1 aromatic carbocycles. The first-order valence-corrected chi connectivity index (χ1v) is 7.50. The number of amides is 1. The van der Waals surface area contributed by atoms with E-state index in [1.54, 1.807) is 7.11 Å². The minimum absolute atomic E-state index is 0.158. The molecular formula is C17H24N2O2. The van der Waals surface area contributed by atoms with E-state index in [0.29, 0.717) is 19.6 Å². The van der Waals surface area contributed by atoms with Gasteiger partial charge in [-0.15, -0.1) is 0 Å². The number of aromatic nitrogens is 1. The number of fused-ring (bicyclic) bond motifs is 1. The third-order valence-corrected chi connectivity index (χ3v) is 4.00. The Morgan fingerprint density at radius 1 is 1.38 bits per heavy atom. The Morgan fingerprint density at radius 3 is 2.86 bits per heavy atom. The van der Waals surface area contributed by atoms with Crippen LogP contribution in [-0.4, -0.2) is 42.1 Å².